The van der Waals surface area contributed by atoms with Crippen LogP contribution in [0.5, 0.6) is 0 Å². The molecular weight excluding hydrogens is 439 g/mol. The minimum atomic E-state index is -1.25. The SMILES string of the molecule is O=C(O)C[C@H]1COC[C@H](NC/C(=N\OCc2ccccc2C(=O)O)c2cccs2)B(O)O1. The van der Waals surface area contributed by atoms with Crippen LogP contribution in [0.1, 0.15) is 27.2 Å². The van der Waals surface area contributed by atoms with Crippen molar-refractivity contribution in [3.05, 3.63) is 57.8 Å². The van der Waals surface area contributed by atoms with Gasteiger partial charge in [-0.15, -0.1) is 11.3 Å². The highest BCUT2D eigenvalue weighted by atomic mass is 32.1. The van der Waals surface area contributed by atoms with Gasteiger partial charge < -0.3 is 34.8 Å². The number of oxime groups is 1. The molecule has 2 heterocycles. The highest BCUT2D eigenvalue weighted by molar-refractivity contribution is 7.12. The maximum atomic E-state index is 11.3. The van der Waals surface area contributed by atoms with Gasteiger partial charge in [-0.05, 0) is 17.5 Å². The summed E-state index contributed by atoms with van der Waals surface area (Å²) in [4.78, 5) is 28.5. The fourth-order valence-electron chi connectivity index (χ4n) is 3.07. The molecule has 12 heteroatoms. The number of aliphatic carboxylic acids is 1. The second kappa shape index (κ2) is 11.7. The van der Waals surface area contributed by atoms with Gasteiger partial charge in [0.1, 0.15) is 12.3 Å². The van der Waals surface area contributed by atoms with Crippen LogP contribution >= 0.6 is 11.3 Å². The molecule has 0 aliphatic carbocycles. The second-order valence-electron chi connectivity index (χ2n) is 7.02. The predicted octanol–water partition coefficient (Wildman–Crippen LogP) is 1.24. The smallest absolute Gasteiger partial charge is 0.475 e. The van der Waals surface area contributed by atoms with Crippen molar-refractivity contribution in [3.8, 4) is 0 Å². The van der Waals surface area contributed by atoms with E-state index < -0.39 is 31.1 Å². The first-order valence-corrected chi connectivity index (χ1v) is 10.7. The van der Waals surface area contributed by atoms with Gasteiger partial charge in [0, 0.05) is 12.1 Å². The Labute approximate surface area is 188 Å². The topological polar surface area (TPSA) is 147 Å². The van der Waals surface area contributed by atoms with E-state index in [1.165, 1.54) is 17.4 Å². The molecule has 3 rings (SSSR count). The number of rotatable bonds is 10. The lowest BCUT2D eigenvalue weighted by Crippen LogP contribution is -2.49. The Morgan fingerprint density at radius 3 is 2.75 bits per heavy atom. The van der Waals surface area contributed by atoms with Crippen LogP contribution in [0.4, 0.5) is 0 Å². The van der Waals surface area contributed by atoms with Crippen molar-refractivity contribution in [3.63, 3.8) is 0 Å². The monoisotopic (exact) mass is 462 g/mol. The maximum absolute atomic E-state index is 11.3. The van der Waals surface area contributed by atoms with Gasteiger partial charge in [0.15, 0.2) is 0 Å². The zero-order valence-corrected chi connectivity index (χ0v) is 17.9. The second-order valence-corrected chi connectivity index (χ2v) is 7.97. The number of nitrogens with zero attached hydrogens (tertiary/aromatic N) is 1. The standard InChI is InChI=1S/C20H23BN2O8S/c24-19(25)8-14-11-29-12-18(21(28)31-14)22-9-16(17-6-3-7-32-17)23-30-10-13-4-1-2-5-15(13)20(26)27/h1-7,14,18,22,28H,8-12H2,(H,24,25)(H,26,27)/b23-16+/t14-,18-/m0/s1. The van der Waals surface area contributed by atoms with E-state index in [4.69, 9.17) is 19.3 Å². The van der Waals surface area contributed by atoms with E-state index in [2.05, 4.69) is 10.5 Å². The number of carbonyl (C=O) groups is 2. The summed E-state index contributed by atoms with van der Waals surface area (Å²) in [5, 5.41) is 37.7. The van der Waals surface area contributed by atoms with Gasteiger partial charge >= 0.3 is 19.1 Å². The molecule has 32 heavy (non-hydrogen) atoms. The molecule has 0 amide bonds. The summed E-state index contributed by atoms with van der Waals surface area (Å²) in [7, 11) is -1.25. The molecule has 1 aromatic carbocycles. The third-order valence-corrected chi connectivity index (χ3v) is 5.58. The van der Waals surface area contributed by atoms with Crippen LogP contribution in [0.2, 0.25) is 0 Å². The number of carboxylic acid groups (broad SMARTS) is 2. The summed E-state index contributed by atoms with van der Waals surface area (Å²) >= 11 is 1.45. The van der Waals surface area contributed by atoms with Gasteiger partial charge in [0.2, 0.25) is 0 Å². The van der Waals surface area contributed by atoms with Crippen molar-refractivity contribution in [1.82, 2.24) is 5.32 Å². The van der Waals surface area contributed by atoms with Crippen molar-refractivity contribution in [2.45, 2.75) is 25.1 Å². The molecule has 1 aliphatic rings. The van der Waals surface area contributed by atoms with Crippen LogP contribution < -0.4 is 5.32 Å². The molecule has 0 bridgehead atoms. The van der Waals surface area contributed by atoms with Crippen molar-refractivity contribution in [2.75, 3.05) is 19.8 Å². The molecular formula is C20H23BN2O8S. The third kappa shape index (κ3) is 6.87. The minimum Gasteiger partial charge on any atom is -0.481 e. The Balaban J connectivity index is 1.63. The predicted molar refractivity (Wildman–Crippen MR) is 117 cm³/mol. The molecule has 2 atom stereocenters. The van der Waals surface area contributed by atoms with E-state index in [0.717, 1.165) is 4.88 Å². The summed E-state index contributed by atoms with van der Waals surface area (Å²) in [5.74, 6) is -2.69. The quantitative estimate of drug-likeness (QED) is 0.233. The van der Waals surface area contributed by atoms with E-state index in [1.54, 1.807) is 18.2 Å². The summed E-state index contributed by atoms with van der Waals surface area (Å²) in [6, 6.07) is 10.2. The van der Waals surface area contributed by atoms with Gasteiger partial charge in [0.05, 0.1) is 42.1 Å². The fourth-order valence-corrected chi connectivity index (χ4v) is 3.78. The molecule has 10 nitrogen and oxygen atoms in total. The molecule has 1 aromatic heterocycles. The number of aromatic carboxylic acids is 1. The molecule has 1 fully saturated rings. The van der Waals surface area contributed by atoms with Gasteiger partial charge in [0.25, 0.3) is 0 Å². The van der Waals surface area contributed by atoms with Crippen molar-refractivity contribution < 1.29 is 39.1 Å². The van der Waals surface area contributed by atoms with Crippen LogP contribution in [0.3, 0.4) is 0 Å². The summed E-state index contributed by atoms with van der Waals surface area (Å²) in [6.07, 6.45) is -1.01. The first kappa shape index (κ1) is 23.9. The summed E-state index contributed by atoms with van der Waals surface area (Å²) in [6.45, 7) is 0.382. The Hall–Kier alpha value is -2.77. The zero-order chi connectivity index (χ0) is 22.9. The number of carboxylic acids is 2. The summed E-state index contributed by atoms with van der Waals surface area (Å²) < 4.78 is 10.8. The molecule has 0 unspecified atom stereocenters. The van der Waals surface area contributed by atoms with Gasteiger partial charge in [-0.2, -0.15) is 0 Å². The lowest BCUT2D eigenvalue weighted by Gasteiger charge is -2.19. The van der Waals surface area contributed by atoms with Crippen molar-refractivity contribution in [2.24, 2.45) is 5.16 Å². The van der Waals surface area contributed by atoms with Crippen LogP contribution in [-0.4, -0.2) is 71.8 Å². The number of hydrogen-bond acceptors (Lipinski definition) is 9. The highest BCUT2D eigenvalue weighted by Crippen LogP contribution is 2.14. The number of benzene rings is 1. The number of thiophene rings is 1. The average molecular weight is 462 g/mol. The first-order valence-electron chi connectivity index (χ1n) is 9.84. The van der Waals surface area contributed by atoms with Crippen LogP contribution in [0.15, 0.2) is 46.9 Å². The first-order chi connectivity index (χ1) is 15.4. The maximum Gasteiger partial charge on any atom is 0.475 e. The van der Waals surface area contributed by atoms with Crippen LogP contribution in [0, 0.1) is 0 Å². The lowest BCUT2D eigenvalue weighted by atomic mass is 9.79. The van der Waals surface area contributed by atoms with Crippen molar-refractivity contribution >= 4 is 36.1 Å². The number of ether oxygens (including phenoxy) is 1. The zero-order valence-electron chi connectivity index (χ0n) is 17.0. The summed E-state index contributed by atoms with van der Waals surface area (Å²) in [5.41, 5.74) is 1.18. The molecule has 1 aliphatic heterocycles. The van der Waals surface area contributed by atoms with Crippen molar-refractivity contribution in [1.29, 1.82) is 0 Å². The fraction of sp³-hybridized carbons (Fsp3) is 0.350. The van der Waals surface area contributed by atoms with E-state index in [1.807, 2.05) is 17.5 Å². The van der Waals surface area contributed by atoms with Gasteiger partial charge in [-0.3, -0.25) is 4.79 Å². The molecule has 2 aromatic rings. The average Bonchev–Trinajstić information content (AvgIpc) is 3.23. The van der Waals surface area contributed by atoms with Crippen LogP contribution in [-0.2, 0) is 25.6 Å². The lowest BCUT2D eigenvalue weighted by molar-refractivity contribution is -0.139. The normalized spacial score (nSPS) is 19.4. The number of hydrogen-bond donors (Lipinski definition) is 4. The largest absolute Gasteiger partial charge is 0.481 e. The molecule has 1 saturated heterocycles. The molecule has 170 valence electrons. The van der Waals surface area contributed by atoms with E-state index in [0.29, 0.717) is 11.3 Å². The minimum absolute atomic E-state index is 0.0213. The van der Waals surface area contributed by atoms with E-state index in [9.17, 15) is 19.7 Å². The molecule has 4 N–H and O–H groups in total. The van der Waals surface area contributed by atoms with Gasteiger partial charge in [-0.1, -0.05) is 29.4 Å². The highest BCUT2D eigenvalue weighted by Gasteiger charge is 2.34. The van der Waals surface area contributed by atoms with Gasteiger partial charge in [-0.25, -0.2) is 4.79 Å². The Morgan fingerprint density at radius 1 is 1.22 bits per heavy atom. The Morgan fingerprint density at radius 2 is 2.03 bits per heavy atom. The number of nitrogens with one attached hydrogen (secondary N) is 1. The molecule has 0 spiro atoms. The molecule has 0 saturated carbocycles. The molecule has 0 radical (unpaired) electrons. The van der Waals surface area contributed by atoms with E-state index >= 15 is 0 Å². The Kier molecular flexibility index (Phi) is 8.76. The third-order valence-electron chi connectivity index (χ3n) is 4.66. The van der Waals surface area contributed by atoms with Crippen LogP contribution in [0.25, 0.3) is 0 Å². The van der Waals surface area contributed by atoms with E-state index in [-0.39, 0.29) is 38.3 Å². The Bertz CT molecular complexity index is 939.